The lowest BCUT2D eigenvalue weighted by atomic mass is 10.0. The minimum atomic E-state index is -0.190. The molecule has 1 heteroatoms. The molecule has 0 aliphatic carbocycles. The lowest BCUT2D eigenvalue weighted by Crippen LogP contribution is -2.01. The van der Waals surface area contributed by atoms with Crippen LogP contribution in [0.4, 0.5) is 0 Å². The molecular formula is C13H20O. The molecule has 1 atom stereocenters. The van der Waals surface area contributed by atoms with Crippen LogP contribution in [0.3, 0.4) is 0 Å². The Kier molecular flexibility index (Phi) is 4.68. The fourth-order valence-electron chi connectivity index (χ4n) is 1.60. The Bertz CT molecular complexity index is 266. The predicted molar refractivity (Wildman–Crippen MR) is 60.4 cm³/mol. The Hall–Kier alpha value is -0.820. The first-order chi connectivity index (χ1) is 6.72. The van der Waals surface area contributed by atoms with E-state index in [1.807, 2.05) is 6.92 Å². The van der Waals surface area contributed by atoms with Crippen LogP contribution in [-0.2, 0) is 12.8 Å². The third kappa shape index (κ3) is 3.93. The normalized spacial score (nSPS) is 12.8. The van der Waals surface area contributed by atoms with Gasteiger partial charge in [-0.05, 0) is 37.3 Å². The summed E-state index contributed by atoms with van der Waals surface area (Å²) in [4.78, 5) is 0. The fourth-order valence-corrected chi connectivity index (χ4v) is 1.60. The van der Waals surface area contributed by atoms with Crippen LogP contribution in [0, 0.1) is 0 Å². The van der Waals surface area contributed by atoms with E-state index in [1.165, 1.54) is 17.5 Å². The van der Waals surface area contributed by atoms with Crippen molar-refractivity contribution in [2.45, 2.75) is 45.6 Å². The van der Waals surface area contributed by atoms with Crippen molar-refractivity contribution in [3.05, 3.63) is 35.4 Å². The molecule has 1 N–H and O–H groups in total. The highest BCUT2D eigenvalue weighted by Crippen LogP contribution is 2.10. The highest BCUT2D eigenvalue weighted by molar-refractivity contribution is 5.23. The zero-order valence-electron chi connectivity index (χ0n) is 9.16. The third-order valence-electron chi connectivity index (χ3n) is 2.38. The largest absolute Gasteiger partial charge is 0.393 e. The van der Waals surface area contributed by atoms with E-state index in [4.69, 9.17) is 0 Å². The van der Waals surface area contributed by atoms with E-state index in [1.54, 1.807) is 0 Å². The topological polar surface area (TPSA) is 20.2 Å². The molecule has 1 aromatic carbocycles. The van der Waals surface area contributed by atoms with Crippen LogP contribution in [0.5, 0.6) is 0 Å². The zero-order chi connectivity index (χ0) is 10.4. The molecule has 0 heterocycles. The van der Waals surface area contributed by atoms with Crippen molar-refractivity contribution >= 4 is 0 Å². The van der Waals surface area contributed by atoms with Gasteiger partial charge in [-0.3, -0.25) is 0 Å². The molecule has 0 aliphatic rings. The Morgan fingerprint density at radius 1 is 1.21 bits per heavy atom. The van der Waals surface area contributed by atoms with Crippen LogP contribution in [0.25, 0.3) is 0 Å². The SMILES string of the molecule is CCCc1cccc(CCC(C)O)c1. The fraction of sp³-hybridized carbons (Fsp3) is 0.538. The molecule has 1 nitrogen and oxygen atoms in total. The number of rotatable bonds is 5. The van der Waals surface area contributed by atoms with Gasteiger partial charge in [0.2, 0.25) is 0 Å². The van der Waals surface area contributed by atoms with E-state index >= 15 is 0 Å². The van der Waals surface area contributed by atoms with E-state index in [-0.39, 0.29) is 6.10 Å². The molecular weight excluding hydrogens is 172 g/mol. The number of aliphatic hydroxyl groups excluding tert-OH is 1. The summed E-state index contributed by atoms with van der Waals surface area (Å²) in [5.41, 5.74) is 2.76. The summed E-state index contributed by atoms with van der Waals surface area (Å²) in [6.07, 6.45) is 4.00. The van der Waals surface area contributed by atoms with Crippen LogP contribution in [0.2, 0.25) is 0 Å². The first-order valence-electron chi connectivity index (χ1n) is 5.48. The first kappa shape index (κ1) is 11.3. The molecule has 1 unspecified atom stereocenters. The van der Waals surface area contributed by atoms with Gasteiger partial charge >= 0.3 is 0 Å². The van der Waals surface area contributed by atoms with Gasteiger partial charge in [0.25, 0.3) is 0 Å². The summed E-state index contributed by atoms with van der Waals surface area (Å²) in [5.74, 6) is 0. The molecule has 0 aliphatic heterocycles. The van der Waals surface area contributed by atoms with Crippen molar-refractivity contribution in [3.63, 3.8) is 0 Å². The molecule has 1 rings (SSSR count). The molecule has 0 spiro atoms. The minimum absolute atomic E-state index is 0.190. The number of hydrogen-bond donors (Lipinski definition) is 1. The van der Waals surface area contributed by atoms with E-state index in [0.717, 1.165) is 19.3 Å². The second-order valence-electron chi connectivity index (χ2n) is 3.96. The standard InChI is InChI=1S/C13H20O/c1-3-5-12-6-4-7-13(10-12)9-8-11(2)14/h4,6-7,10-11,14H,3,5,8-9H2,1-2H3. The van der Waals surface area contributed by atoms with Crippen LogP contribution in [0.1, 0.15) is 37.8 Å². The summed E-state index contributed by atoms with van der Waals surface area (Å²) < 4.78 is 0. The van der Waals surface area contributed by atoms with Gasteiger partial charge in [-0.1, -0.05) is 37.6 Å². The molecule has 78 valence electrons. The summed E-state index contributed by atoms with van der Waals surface area (Å²) in [6.45, 7) is 4.04. The average Bonchev–Trinajstić information content (AvgIpc) is 2.16. The van der Waals surface area contributed by atoms with Gasteiger partial charge < -0.3 is 5.11 Å². The lowest BCUT2D eigenvalue weighted by Gasteiger charge is -2.06. The monoisotopic (exact) mass is 192 g/mol. The molecule has 0 fully saturated rings. The maximum absolute atomic E-state index is 9.19. The van der Waals surface area contributed by atoms with Gasteiger partial charge in [-0.2, -0.15) is 0 Å². The van der Waals surface area contributed by atoms with Gasteiger partial charge in [0.05, 0.1) is 6.10 Å². The first-order valence-corrected chi connectivity index (χ1v) is 5.48. The van der Waals surface area contributed by atoms with Crippen LogP contribution < -0.4 is 0 Å². The Morgan fingerprint density at radius 3 is 2.43 bits per heavy atom. The number of aryl methyl sites for hydroxylation is 2. The average molecular weight is 192 g/mol. The number of aliphatic hydroxyl groups is 1. The third-order valence-corrected chi connectivity index (χ3v) is 2.38. The Morgan fingerprint density at radius 2 is 1.86 bits per heavy atom. The van der Waals surface area contributed by atoms with Crippen LogP contribution in [-0.4, -0.2) is 11.2 Å². The predicted octanol–water partition coefficient (Wildman–Crippen LogP) is 2.95. The lowest BCUT2D eigenvalue weighted by molar-refractivity contribution is 0.185. The van der Waals surface area contributed by atoms with Gasteiger partial charge in [0.15, 0.2) is 0 Å². The highest BCUT2D eigenvalue weighted by Gasteiger charge is 1.98. The Balaban J connectivity index is 2.54. The van der Waals surface area contributed by atoms with Gasteiger partial charge in [-0.25, -0.2) is 0 Å². The summed E-state index contributed by atoms with van der Waals surface area (Å²) >= 11 is 0. The molecule has 0 saturated heterocycles. The summed E-state index contributed by atoms with van der Waals surface area (Å²) in [5, 5.41) is 9.19. The second-order valence-corrected chi connectivity index (χ2v) is 3.96. The van der Waals surface area contributed by atoms with E-state index in [2.05, 4.69) is 31.2 Å². The van der Waals surface area contributed by atoms with E-state index in [9.17, 15) is 5.11 Å². The maximum Gasteiger partial charge on any atom is 0.0515 e. The van der Waals surface area contributed by atoms with Gasteiger partial charge in [0, 0.05) is 0 Å². The van der Waals surface area contributed by atoms with Crippen molar-refractivity contribution in [1.29, 1.82) is 0 Å². The van der Waals surface area contributed by atoms with Crippen LogP contribution >= 0.6 is 0 Å². The van der Waals surface area contributed by atoms with E-state index in [0.29, 0.717) is 0 Å². The summed E-state index contributed by atoms with van der Waals surface area (Å²) in [7, 11) is 0. The highest BCUT2D eigenvalue weighted by atomic mass is 16.3. The van der Waals surface area contributed by atoms with Crippen molar-refractivity contribution < 1.29 is 5.11 Å². The second kappa shape index (κ2) is 5.82. The molecule has 0 bridgehead atoms. The zero-order valence-corrected chi connectivity index (χ0v) is 9.16. The van der Waals surface area contributed by atoms with Crippen molar-refractivity contribution in [2.24, 2.45) is 0 Å². The van der Waals surface area contributed by atoms with Crippen molar-refractivity contribution in [3.8, 4) is 0 Å². The van der Waals surface area contributed by atoms with Crippen molar-refractivity contribution in [1.82, 2.24) is 0 Å². The van der Waals surface area contributed by atoms with E-state index < -0.39 is 0 Å². The Labute approximate surface area is 86.8 Å². The molecule has 0 amide bonds. The smallest absolute Gasteiger partial charge is 0.0515 e. The van der Waals surface area contributed by atoms with Crippen LogP contribution in [0.15, 0.2) is 24.3 Å². The molecule has 0 saturated carbocycles. The quantitative estimate of drug-likeness (QED) is 0.760. The number of hydrogen-bond acceptors (Lipinski definition) is 1. The molecule has 1 aromatic rings. The molecule has 0 radical (unpaired) electrons. The number of benzene rings is 1. The molecule has 14 heavy (non-hydrogen) atoms. The maximum atomic E-state index is 9.19. The minimum Gasteiger partial charge on any atom is -0.393 e. The van der Waals surface area contributed by atoms with Gasteiger partial charge in [0.1, 0.15) is 0 Å². The summed E-state index contributed by atoms with van der Waals surface area (Å²) in [6, 6.07) is 8.69. The van der Waals surface area contributed by atoms with Gasteiger partial charge in [-0.15, -0.1) is 0 Å². The van der Waals surface area contributed by atoms with Crippen molar-refractivity contribution in [2.75, 3.05) is 0 Å². The molecule has 0 aromatic heterocycles.